The van der Waals surface area contributed by atoms with Gasteiger partial charge in [0.1, 0.15) is 0 Å². The molecule has 0 amide bonds. The van der Waals surface area contributed by atoms with Gasteiger partial charge in [0.2, 0.25) is 0 Å². The summed E-state index contributed by atoms with van der Waals surface area (Å²) >= 11 is 1.50. The lowest BCUT2D eigenvalue weighted by Gasteiger charge is -2.26. The molecule has 1 aromatic carbocycles. The van der Waals surface area contributed by atoms with Crippen LogP contribution in [0.25, 0.3) is 0 Å². The maximum atomic E-state index is 13.6. The van der Waals surface area contributed by atoms with Crippen molar-refractivity contribution < 1.29 is 31.0 Å². The molecule has 13 heteroatoms. The Bertz CT molecular complexity index is 1120. The number of sulfone groups is 2. The minimum atomic E-state index is -3.66. The maximum Gasteiger partial charge on any atom is 0.179 e. The summed E-state index contributed by atoms with van der Waals surface area (Å²) in [5, 5.41) is 0. The zero-order valence-corrected chi connectivity index (χ0v) is 26.0. The Balaban J connectivity index is 1.41. The SMILES string of the molecule is O=S(=O)(CCCN1CCOCC1)c1ccc(SCCCN2CCOCC2)c(S(=O)(=O)CCCN2CCOCC2)c1. The first-order chi connectivity index (χ1) is 19.3. The first kappa shape index (κ1) is 32.2. The summed E-state index contributed by atoms with van der Waals surface area (Å²) in [6.07, 6.45) is 1.92. The van der Waals surface area contributed by atoms with Gasteiger partial charge in [-0.15, -0.1) is 11.8 Å². The van der Waals surface area contributed by atoms with Gasteiger partial charge < -0.3 is 14.2 Å². The van der Waals surface area contributed by atoms with Gasteiger partial charge in [-0.2, -0.15) is 0 Å². The second kappa shape index (κ2) is 16.2. The average molecular weight is 620 g/mol. The second-order valence-corrected chi connectivity index (χ2v) is 15.8. The van der Waals surface area contributed by atoms with E-state index in [2.05, 4.69) is 14.7 Å². The van der Waals surface area contributed by atoms with E-state index in [-0.39, 0.29) is 21.3 Å². The van der Waals surface area contributed by atoms with Gasteiger partial charge >= 0.3 is 0 Å². The third-order valence-corrected chi connectivity index (χ3v) is 12.5. The summed E-state index contributed by atoms with van der Waals surface area (Å²) in [6, 6.07) is 4.70. The van der Waals surface area contributed by atoms with Crippen LogP contribution in [0.1, 0.15) is 19.3 Å². The number of morpholine rings is 3. The van der Waals surface area contributed by atoms with Crippen LogP contribution in [0.3, 0.4) is 0 Å². The minimum absolute atomic E-state index is 0.00703. The molecule has 3 saturated heterocycles. The fourth-order valence-electron chi connectivity index (χ4n) is 5.17. The van der Waals surface area contributed by atoms with Crippen molar-refractivity contribution in [1.82, 2.24) is 14.7 Å². The van der Waals surface area contributed by atoms with Crippen LogP contribution in [-0.4, -0.2) is 147 Å². The summed E-state index contributed by atoms with van der Waals surface area (Å²) in [7, 11) is -7.27. The summed E-state index contributed by atoms with van der Waals surface area (Å²) in [5.74, 6) is 0.748. The molecule has 3 heterocycles. The third-order valence-electron chi connectivity index (χ3n) is 7.57. The molecule has 4 rings (SSSR count). The lowest BCUT2D eigenvalue weighted by molar-refractivity contribution is 0.0380. The summed E-state index contributed by atoms with van der Waals surface area (Å²) < 4.78 is 69.8. The monoisotopic (exact) mass is 619 g/mol. The molecule has 0 aliphatic carbocycles. The topological polar surface area (TPSA) is 106 Å². The number of hydrogen-bond acceptors (Lipinski definition) is 11. The molecule has 0 bridgehead atoms. The molecule has 0 N–H and O–H groups in total. The zero-order chi connectivity index (χ0) is 28.3. The fourth-order valence-corrected chi connectivity index (χ4v) is 9.39. The molecule has 0 aromatic heterocycles. The van der Waals surface area contributed by atoms with Gasteiger partial charge in [-0.1, -0.05) is 0 Å². The summed E-state index contributed by atoms with van der Waals surface area (Å²) in [6.45, 7) is 11.6. The molecule has 0 spiro atoms. The van der Waals surface area contributed by atoms with Gasteiger partial charge in [0, 0.05) is 44.2 Å². The highest BCUT2D eigenvalue weighted by atomic mass is 32.2. The minimum Gasteiger partial charge on any atom is -0.379 e. The summed E-state index contributed by atoms with van der Waals surface area (Å²) in [5.41, 5.74) is 0. The Morgan fingerprint density at radius 1 is 0.625 bits per heavy atom. The molecule has 228 valence electrons. The summed E-state index contributed by atoms with van der Waals surface area (Å²) in [4.78, 5) is 7.68. The third kappa shape index (κ3) is 10.2. The first-order valence-electron chi connectivity index (χ1n) is 14.5. The molecule has 10 nitrogen and oxygen atoms in total. The highest BCUT2D eigenvalue weighted by molar-refractivity contribution is 8.00. The van der Waals surface area contributed by atoms with E-state index in [4.69, 9.17) is 14.2 Å². The predicted octanol–water partition coefficient (Wildman–Crippen LogP) is 1.49. The van der Waals surface area contributed by atoms with Gasteiger partial charge in [0.25, 0.3) is 0 Å². The van der Waals surface area contributed by atoms with Crippen LogP contribution in [0, 0.1) is 0 Å². The van der Waals surface area contributed by atoms with Crippen molar-refractivity contribution in [3.05, 3.63) is 18.2 Å². The molecule has 0 saturated carbocycles. The van der Waals surface area contributed by atoms with Gasteiger partial charge in [-0.3, -0.25) is 14.7 Å². The average Bonchev–Trinajstić information content (AvgIpc) is 2.97. The van der Waals surface area contributed by atoms with Crippen molar-refractivity contribution in [3.8, 4) is 0 Å². The number of benzene rings is 1. The van der Waals surface area contributed by atoms with Crippen molar-refractivity contribution in [2.75, 3.05) is 116 Å². The highest BCUT2D eigenvalue weighted by Crippen LogP contribution is 2.31. The number of rotatable bonds is 15. The van der Waals surface area contributed by atoms with Crippen molar-refractivity contribution >= 4 is 31.4 Å². The van der Waals surface area contributed by atoms with Crippen LogP contribution in [0.5, 0.6) is 0 Å². The van der Waals surface area contributed by atoms with Crippen LogP contribution in [0.4, 0.5) is 0 Å². The van der Waals surface area contributed by atoms with Crippen LogP contribution >= 0.6 is 11.8 Å². The number of hydrogen-bond donors (Lipinski definition) is 0. The smallest absolute Gasteiger partial charge is 0.179 e. The molecule has 40 heavy (non-hydrogen) atoms. The molecule has 3 aliphatic rings. The second-order valence-electron chi connectivity index (χ2n) is 10.5. The Labute approximate surface area is 244 Å². The van der Waals surface area contributed by atoms with E-state index in [1.807, 2.05) is 0 Å². The Morgan fingerprint density at radius 2 is 1.07 bits per heavy atom. The number of ether oxygens (including phenoxy) is 3. The molecule has 0 unspecified atom stereocenters. The molecule has 3 fully saturated rings. The van der Waals surface area contributed by atoms with Crippen LogP contribution in [-0.2, 0) is 33.9 Å². The molecular formula is C27H45N3O7S3. The van der Waals surface area contributed by atoms with Crippen molar-refractivity contribution in [2.45, 2.75) is 33.9 Å². The van der Waals surface area contributed by atoms with E-state index < -0.39 is 19.7 Å². The van der Waals surface area contributed by atoms with Crippen LogP contribution < -0.4 is 0 Å². The van der Waals surface area contributed by atoms with Crippen LogP contribution in [0.15, 0.2) is 32.9 Å². The van der Waals surface area contributed by atoms with Gasteiger partial charge in [-0.05, 0) is 62.8 Å². The van der Waals surface area contributed by atoms with Crippen molar-refractivity contribution in [3.63, 3.8) is 0 Å². The largest absolute Gasteiger partial charge is 0.379 e. The fraction of sp³-hybridized carbons (Fsp3) is 0.778. The van der Waals surface area contributed by atoms with Gasteiger partial charge in [0.15, 0.2) is 19.7 Å². The van der Waals surface area contributed by atoms with E-state index in [9.17, 15) is 16.8 Å². The van der Waals surface area contributed by atoms with E-state index in [1.165, 1.54) is 17.8 Å². The quantitative estimate of drug-likeness (QED) is 0.211. The highest BCUT2D eigenvalue weighted by Gasteiger charge is 2.24. The lowest BCUT2D eigenvalue weighted by atomic mass is 10.3. The standard InChI is InChI=1S/C27H45N3O7S3/c31-39(32,22-2-7-29-11-17-36-18-12-29)25-4-5-26(38-21-1-6-28-9-15-35-16-10-28)27(24-25)40(33,34)23-3-8-30-13-19-37-20-14-30/h4-5,24H,1-3,6-23H2. The maximum absolute atomic E-state index is 13.6. The van der Waals surface area contributed by atoms with E-state index >= 15 is 0 Å². The molecular weight excluding hydrogens is 575 g/mol. The number of thioether (sulfide) groups is 1. The molecule has 0 atom stereocenters. The molecule has 0 radical (unpaired) electrons. The van der Waals surface area contributed by atoms with E-state index in [1.54, 1.807) is 12.1 Å². The normalized spacial score (nSPS) is 20.6. The Kier molecular flexibility index (Phi) is 13.0. The van der Waals surface area contributed by atoms with Crippen molar-refractivity contribution in [2.24, 2.45) is 0 Å². The molecule has 3 aliphatic heterocycles. The predicted molar refractivity (Wildman–Crippen MR) is 157 cm³/mol. The van der Waals surface area contributed by atoms with Crippen LogP contribution in [0.2, 0.25) is 0 Å². The zero-order valence-electron chi connectivity index (χ0n) is 23.5. The van der Waals surface area contributed by atoms with E-state index in [0.717, 1.165) is 71.2 Å². The van der Waals surface area contributed by atoms with Gasteiger partial charge in [0.05, 0.1) is 60.9 Å². The number of nitrogens with zero attached hydrogens (tertiary/aromatic N) is 3. The lowest BCUT2D eigenvalue weighted by Crippen LogP contribution is -2.37. The van der Waals surface area contributed by atoms with Crippen molar-refractivity contribution in [1.29, 1.82) is 0 Å². The Morgan fingerprint density at radius 3 is 1.57 bits per heavy atom. The van der Waals surface area contributed by atoms with Gasteiger partial charge in [-0.25, -0.2) is 16.8 Å². The molecule has 1 aromatic rings. The van der Waals surface area contributed by atoms with E-state index in [0.29, 0.717) is 57.3 Å². The Hall–Kier alpha value is -0.770. The first-order valence-corrected chi connectivity index (χ1v) is 18.8.